The lowest BCUT2D eigenvalue weighted by atomic mass is 9.95. The molecule has 0 bridgehead atoms. The molecule has 0 spiro atoms. The molecule has 1 unspecified atom stereocenters. The van der Waals surface area contributed by atoms with E-state index in [-0.39, 0.29) is 5.96 Å². The zero-order valence-corrected chi connectivity index (χ0v) is 11.2. The van der Waals surface area contributed by atoms with Crippen LogP contribution in [0.5, 0.6) is 0 Å². The van der Waals surface area contributed by atoms with Gasteiger partial charge in [0.15, 0.2) is 5.96 Å². The Morgan fingerprint density at radius 2 is 1.81 bits per heavy atom. The van der Waals surface area contributed by atoms with E-state index in [1.165, 1.54) is 6.42 Å². The van der Waals surface area contributed by atoms with E-state index in [4.69, 9.17) is 11.5 Å². The third-order valence-electron chi connectivity index (χ3n) is 3.10. The van der Waals surface area contributed by atoms with Gasteiger partial charge in [-0.25, -0.2) is 0 Å². The zero-order chi connectivity index (χ0) is 12.6. The molecule has 4 N–H and O–H groups in total. The Hall–Kier alpha value is -0.770. The summed E-state index contributed by atoms with van der Waals surface area (Å²) in [6, 6.07) is 0. The molecule has 0 saturated carbocycles. The van der Waals surface area contributed by atoms with Crippen LogP contribution in [0.25, 0.3) is 0 Å². The average Bonchev–Trinajstić information content (AvgIpc) is 2.20. The molecule has 4 heteroatoms. The van der Waals surface area contributed by atoms with Crippen LogP contribution in [0.2, 0.25) is 0 Å². The van der Waals surface area contributed by atoms with Crippen LogP contribution in [-0.2, 0) is 0 Å². The van der Waals surface area contributed by atoms with E-state index in [0.717, 1.165) is 37.9 Å². The molecule has 0 aliphatic heterocycles. The molecule has 0 aromatic rings. The van der Waals surface area contributed by atoms with Gasteiger partial charge in [-0.1, -0.05) is 20.8 Å². The molecule has 96 valence electrons. The number of nitrogens with zero attached hydrogens (tertiary/aromatic N) is 2. The van der Waals surface area contributed by atoms with Crippen LogP contribution in [0.3, 0.4) is 0 Å². The van der Waals surface area contributed by atoms with Gasteiger partial charge in [0.25, 0.3) is 0 Å². The summed E-state index contributed by atoms with van der Waals surface area (Å²) in [6.07, 6.45) is 2.28. The minimum atomic E-state index is 0.191. The van der Waals surface area contributed by atoms with Crippen molar-refractivity contribution >= 4 is 5.96 Å². The van der Waals surface area contributed by atoms with Crippen molar-refractivity contribution in [3.05, 3.63) is 0 Å². The lowest BCUT2D eigenvalue weighted by molar-refractivity contribution is 0.279. The number of rotatable bonds is 8. The highest BCUT2D eigenvalue weighted by molar-refractivity contribution is 5.75. The van der Waals surface area contributed by atoms with Crippen molar-refractivity contribution in [2.45, 2.75) is 33.6 Å². The minimum absolute atomic E-state index is 0.191. The highest BCUT2D eigenvalue weighted by atomic mass is 15.1. The molecule has 0 amide bonds. The van der Waals surface area contributed by atoms with Gasteiger partial charge >= 0.3 is 0 Å². The summed E-state index contributed by atoms with van der Waals surface area (Å²) in [5.74, 6) is 1.76. The first-order chi connectivity index (χ1) is 7.43. The maximum Gasteiger partial charge on any atom is 0.185 e. The SMILES string of the molecule is CC(C)C(C)CCN(C)CCCN=C(N)N. The molecule has 0 aromatic heterocycles. The number of guanidine groups is 1. The van der Waals surface area contributed by atoms with Crippen LogP contribution in [0.15, 0.2) is 4.99 Å². The van der Waals surface area contributed by atoms with Crippen LogP contribution in [-0.4, -0.2) is 37.5 Å². The van der Waals surface area contributed by atoms with Gasteiger partial charge in [-0.2, -0.15) is 0 Å². The van der Waals surface area contributed by atoms with Gasteiger partial charge in [0.1, 0.15) is 0 Å². The fraction of sp³-hybridized carbons (Fsp3) is 0.917. The summed E-state index contributed by atoms with van der Waals surface area (Å²) in [6.45, 7) is 9.82. The van der Waals surface area contributed by atoms with E-state index in [2.05, 4.69) is 37.7 Å². The maximum absolute atomic E-state index is 5.26. The molecule has 0 radical (unpaired) electrons. The standard InChI is InChI=1S/C12H28N4/c1-10(2)11(3)6-9-16(4)8-5-7-15-12(13)14/h10-11H,5-9H2,1-4H3,(H4,13,14,15). The largest absolute Gasteiger partial charge is 0.370 e. The average molecular weight is 228 g/mol. The molecule has 4 nitrogen and oxygen atoms in total. The fourth-order valence-electron chi connectivity index (χ4n) is 1.42. The Labute approximate surface area is 100 Å². The molecule has 0 aliphatic rings. The van der Waals surface area contributed by atoms with E-state index in [1.54, 1.807) is 0 Å². The maximum atomic E-state index is 5.26. The van der Waals surface area contributed by atoms with Gasteiger partial charge in [0.2, 0.25) is 0 Å². The van der Waals surface area contributed by atoms with Gasteiger partial charge in [-0.15, -0.1) is 0 Å². The summed E-state index contributed by atoms with van der Waals surface area (Å²) in [5, 5.41) is 0. The molecular weight excluding hydrogens is 200 g/mol. The highest BCUT2D eigenvalue weighted by Crippen LogP contribution is 2.13. The Balaban J connectivity index is 3.52. The molecule has 1 atom stereocenters. The van der Waals surface area contributed by atoms with Crippen LogP contribution in [0, 0.1) is 11.8 Å². The number of hydrogen-bond donors (Lipinski definition) is 2. The monoisotopic (exact) mass is 228 g/mol. The van der Waals surface area contributed by atoms with Crippen LogP contribution in [0.4, 0.5) is 0 Å². The molecule has 0 rings (SSSR count). The van der Waals surface area contributed by atoms with Gasteiger partial charge in [-0.05, 0) is 44.8 Å². The van der Waals surface area contributed by atoms with Crippen molar-refractivity contribution in [1.82, 2.24) is 4.90 Å². The third kappa shape index (κ3) is 8.53. The highest BCUT2D eigenvalue weighted by Gasteiger charge is 2.07. The second-order valence-electron chi connectivity index (χ2n) is 4.97. The second-order valence-corrected chi connectivity index (χ2v) is 4.97. The molecular formula is C12H28N4. The van der Waals surface area contributed by atoms with Gasteiger partial charge < -0.3 is 16.4 Å². The number of hydrogen-bond acceptors (Lipinski definition) is 2. The summed E-state index contributed by atoms with van der Waals surface area (Å²) < 4.78 is 0. The molecule has 0 heterocycles. The van der Waals surface area contributed by atoms with Crippen molar-refractivity contribution in [3.63, 3.8) is 0 Å². The Bertz CT molecular complexity index is 197. The van der Waals surface area contributed by atoms with E-state index >= 15 is 0 Å². The lowest BCUT2D eigenvalue weighted by Crippen LogP contribution is -2.25. The second kappa shape index (κ2) is 8.39. The molecule has 0 aromatic carbocycles. The minimum Gasteiger partial charge on any atom is -0.370 e. The topological polar surface area (TPSA) is 67.6 Å². The van der Waals surface area contributed by atoms with Crippen molar-refractivity contribution in [3.8, 4) is 0 Å². The smallest absolute Gasteiger partial charge is 0.185 e. The van der Waals surface area contributed by atoms with Crippen molar-refractivity contribution in [2.75, 3.05) is 26.7 Å². The Morgan fingerprint density at radius 3 is 2.31 bits per heavy atom. The Morgan fingerprint density at radius 1 is 1.19 bits per heavy atom. The van der Waals surface area contributed by atoms with Crippen molar-refractivity contribution < 1.29 is 0 Å². The first kappa shape index (κ1) is 15.2. The summed E-state index contributed by atoms with van der Waals surface area (Å²) >= 11 is 0. The van der Waals surface area contributed by atoms with Crippen LogP contribution in [0.1, 0.15) is 33.6 Å². The quantitative estimate of drug-likeness (QED) is 0.373. The predicted molar refractivity (Wildman–Crippen MR) is 71.4 cm³/mol. The molecule has 0 aliphatic carbocycles. The lowest BCUT2D eigenvalue weighted by Gasteiger charge is -2.20. The molecule has 0 saturated heterocycles. The van der Waals surface area contributed by atoms with Gasteiger partial charge in [0.05, 0.1) is 0 Å². The van der Waals surface area contributed by atoms with Crippen molar-refractivity contribution in [1.29, 1.82) is 0 Å². The third-order valence-corrected chi connectivity index (χ3v) is 3.10. The van der Waals surface area contributed by atoms with Gasteiger partial charge in [0, 0.05) is 6.54 Å². The van der Waals surface area contributed by atoms with Crippen LogP contribution < -0.4 is 11.5 Å². The summed E-state index contributed by atoms with van der Waals surface area (Å²) in [7, 11) is 2.16. The predicted octanol–water partition coefficient (Wildman–Crippen LogP) is 1.26. The normalized spacial score (nSPS) is 13.1. The zero-order valence-electron chi connectivity index (χ0n) is 11.2. The summed E-state index contributed by atoms with van der Waals surface area (Å²) in [5.41, 5.74) is 10.5. The van der Waals surface area contributed by atoms with Gasteiger partial charge in [-0.3, -0.25) is 4.99 Å². The van der Waals surface area contributed by atoms with E-state index < -0.39 is 0 Å². The molecule has 16 heavy (non-hydrogen) atoms. The van der Waals surface area contributed by atoms with Crippen LogP contribution >= 0.6 is 0 Å². The number of aliphatic imine (C=N–C) groups is 1. The first-order valence-corrected chi connectivity index (χ1v) is 6.17. The Kier molecular flexibility index (Phi) is 7.99. The van der Waals surface area contributed by atoms with E-state index in [0.29, 0.717) is 0 Å². The van der Waals surface area contributed by atoms with Crippen molar-refractivity contribution in [2.24, 2.45) is 28.3 Å². The molecule has 0 fully saturated rings. The number of nitrogens with two attached hydrogens (primary N) is 2. The van der Waals surface area contributed by atoms with E-state index in [9.17, 15) is 0 Å². The fourth-order valence-corrected chi connectivity index (χ4v) is 1.42. The first-order valence-electron chi connectivity index (χ1n) is 6.17. The summed E-state index contributed by atoms with van der Waals surface area (Å²) in [4.78, 5) is 6.31. The van der Waals surface area contributed by atoms with E-state index in [1.807, 2.05) is 0 Å².